The summed E-state index contributed by atoms with van der Waals surface area (Å²) in [5.41, 5.74) is 9.98. The van der Waals surface area contributed by atoms with E-state index in [9.17, 15) is 0 Å². The topological polar surface area (TPSA) is 26.0 Å². The van der Waals surface area contributed by atoms with E-state index >= 15 is 0 Å². The Labute approximate surface area is 147 Å². The first-order chi connectivity index (χ1) is 11.3. The summed E-state index contributed by atoms with van der Waals surface area (Å²) >= 11 is 0. The molecule has 0 fully saturated rings. The van der Waals surface area contributed by atoms with E-state index in [4.69, 9.17) is 5.73 Å². The van der Waals surface area contributed by atoms with Crippen LogP contribution < -0.4 is 16.2 Å². The molecular formula is C23H31N. The molecule has 0 bridgehead atoms. The lowest BCUT2D eigenvalue weighted by Crippen LogP contribution is -2.35. The van der Waals surface area contributed by atoms with E-state index in [-0.39, 0.29) is 17.4 Å². The Hall–Kier alpha value is -1.86. The van der Waals surface area contributed by atoms with Gasteiger partial charge < -0.3 is 5.73 Å². The predicted octanol–water partition coefficient (Wildman–Crippen LogP) is 3.97. The summed E-state index contributed by atoms with van der Waals surface area (Å²) in [5.74, 6) is 0.289. The molecule has 0 aliphatic heterocycles. The first-order valence-electron chi connectivity index (χ1n) is 8.94. The van der Waals surface area contributed by atoms with Crippen molar-refractivity contribution in [1.82, 2.24) is 0 Å². The van der Waals surface area contributed by atoms with Gasteiger partial charge in [-0.2, -0.15) is 0 Å². The van der Waals surface area contributed by atoms with Crippen molar-refractivity contribution in [2.24, 2.45) is 11.7 Å². The molecule has 2 rings (SSSR count). The minimum atomic E-state index is 0.109. The Morgan fingerprint density at radius 2 is 1.96 bits per heavy atom. The van der Waals surface area contributed by atoms with Crippen molar-refractivity contribution >= 4 is 12.7 Å². The zero-order chi connectivity index (χ0) is 17.9. The van der Waals surface area contributed by atoms with Crippen LogP contribution in [0.15, 0.2) is 54.2 Å². The van der Waals surface area contributed by atoms with Gasteiger partial charge in [-0.3, -0.25) is 0 Å². The highest BCUT2D eigenvalue weighted by atomic mass is 14.7. The zero-order valence-corrected chi connectivity index (χ0v) is 15.6. The maximum Gasteiger partial charge on any atom is 0.0329 e. The Morgan fingerprint density at radius 3 is 2.46 bits per heavy atom. The first-order valence-corrected chi connectivity index (χ1v) is 8.94. The molecule has 2 N–H and O–H groups in total. The monoisotopic (exact) mass is 321 g/mol. The average molecular weight is 322 g/mol. The van der Waals surface area contributed by atoms with Crippen LogP contribution in [0.1, 0.15) is 46.1 Å². The zero-order valence-electron chi connectivity index (χ0n) is 15.6. The van der Waals surface area contributed by atoms with Gasteiger partial charge in [-0.1, -0.05) is 88.9 Å². The van der Waals surface area contributed by atoms with E-state index in [2.05, 4.69) is 83.4 Å². The number of rotatable bonds is 6. The first kappa shape index (κ1) is 18.5. The molecular weight excluding hydrogens is 290 g/mol. The molecule has 0 saturated heterocycles. The summed E-state index contributed by atoms with van der Waals surface area (Å²) in [6.45, 7) is 17.5. The van der Waals surface area contributed by atoms with E-state index in [0.29, 0.717) is 0 Å². The van der Waals surface area contributed by atoms with Crippen molar-refractivity contribution in [3.8, 4) is 0 Å². The van der Waals surface area contributed by atoms with E-state index in [0.717, 1.165) is 23.6 Å². The molecule has 0 spiro atoms. The number of hydrogen-bond acceptors (Lipinski definition) is 1. The molecule has 2 unspecified atom stereocenters. The van der Waals surface area contributed by atoms with Crippen LogP contribution in [0.4, 0.5) is 0 Å². The number of nitrogens with two attached hydrogens (primary N) is 1. The van der Waals surface area contributed by atoms with Gasteiger partial charge in [0.15, 0.2) is 0 Å². The molecule has 2 atom stereocenters. The average Bonchev–Trinajstić information content (AvgIpc) is 2.57. The minimum Gasteiger partial charge on any atom is -0.324 e. The van der Waals surface area contributed by atoms with E-state index in [1.807, 2.05) is 0 Å². The van der Waals surface area contributed by atoms with Crippen molar-refractivity contribution in [1.29, 1.82) is 0 Å². The van der Waals surface area contributed by atoms with Gasteiger partial charge in [-0.05, 0) is 39.8 Å². The van der Waals surface area contributed by atoms with Crippen LogP contribution in [0.5, 0.6) is 0 Å². The SMILES string of the molecule is C=C(CC)C(=C/C=c1/cccc(C(C)(C)CC)c1=C)C1C=CC1N. The smallest absolute Gasteiger partial charge is 0.0329 e. The van der Waals surface area contributed by atoms with Gasteiger partial charge in [0.05, 0.1) is 0 Å². The van der Waals surface area contributed by atoms with E-state index in [1.165, 1.54) is 16.4 Å². The summed E-state index contributed by atoms with van der Waals surface area (Å²) in [6, 6.07) is 6.57. The lowest BCUT2D eigenvalue weighted by Gasteiger charge is -2.29. The number of hydrogen-bond donors (Lipinski definition) is 1. The number of allylic oxidation sites excluding steroid dienone is 2. The molecule has 1 aromatic rings. The molecule has 1 aliphatic carbocycles. The van der Waals surface area contributed by atoms with Gasteiger partial charge in [0, 0.05) is 12.0 Å². The molecule has 128 valence electrons. The predicted molar refractivity (Wildman–Crippen MR) is 107 cm³/mol. The van der Waals surface area contributed by atoms with Crippen LogP contribution in [0.25, 0.3) is 12.7 Å². The molecule has 1 nitrogen and oxygen atoms in total. The second-order valence-corrected chi connectivity index (χ2v) is 7.34. The summed E-state index contributed by atoms with van der Waals surface area (Å²) < 4.78 is 0. The molecule has 0 aromatic heterocycles. The van der Waals surface area contributed by atoms with E-state index in [1.54, 1.807) is 0 Å². The highest BCUT2D eigenvalue weighted by molar-refractivity contribution is 5.50. The fraction of sp³-hybridized carbons (Fsp3) is 0.391. The van der Waals surface area contributed by atoms with Crippen LogP contribution in [-0.4, -0.2) is 6.04 Å². The van der Waals surface area contributed by atoms with Crippen molar-refractivity contribution < 1.29 is 0 Å². The molecule has 0 saturated carbocycles. The maximum absolute atomic E-state index is 6.12. The third-order valence-corrected chi connectivity index (χ3v) is 5.42. The lowest BCUT2D eigenvalue weighted by molar-refractivity contribution is 0.503. The highest BCUT2D eigenvalue weighted by Gasteiger charge is 2.24. The molecule has 1 aromatic carbocycles. The van der Waals surface area contributed by atoms with Crippen LogP contribution in [-0.2, 0) is 5.41 Å². The summed E-state index contributed by atoms with van der Waals surface area (Å²) in [7, 11) is 0. The van der Waals surface area contributed by atoms with Gasteiger partial charge in [0.1, 0.15) is 0 Å². The molecule has 0 amide bonds. The van der Waals surface area contributed by atoms with Gasteiger partial charge in [0.25, 0.3) is 0 Å². The number of benzene rings is 1. The summed E-state index contributed by atoms with van der Waals surface area (Å²) in [6.07, 6.45) is 10.6. The quantitative estimate of drug-likeness (QED) is 0.622. The molecule has 0 heterocycles. The van der Waals surface area contributed by atoms with Gasteiger partial charge in [0.2, 0.25) is 0 Å². The maximum atomic E-state index is 6.12. The second-order valence-electron chi connectivity index (χ2n) is 7.34. The standard InChI is InChI=1S/C23H31N/c1-7-16(3)19(20-14-15-22(20)24)13-12-18-10-9-11-21(17(18)4)23(5,6)8-2/h9-15,20,22H,3-4,7-8,24H2,1-2,5-6H3/b18-12-,19-13?. The van der Waals surface area contributed by atoms with Crippen molar-refractivity contribution in [2.45, 2.75) is 52.0 Å². The normalized spacial score (nSPS) is 21.7. The third-order valence-electron chi connectivity index (χ3n) is 5.42. The molecule has 24 heavy (non-hydrogen) atoms. The lowest BCUT2D eigenvalue weighted by atomic mass is 9.79. The molecule has 0 radical (unpaired) electrons. The van der Waals surface area contributed by atoms with Crippen molar-refractivity contribution in [3.63, 3.8) is 0 Å². The van der Waals surface area contributed by atoms with Crippen LogP contribution in [0.3, 0.4) is 0 Å². The fourth-order valence-corrected chi connectivity index (χ4v) is 3.10. The van der Waals surface area contributed by atoms with Crippen LogP contribution in [0.2, 0.25) is 0 Å². The van der Waals surface area contributed by atoms with Gasteiger partial charge in [-0.15, -0.1) is 0 Å². The Balaban J connectivity index is 2.50. The van der Waals surface area contributed by atoms with Gasteiger partial charge >= 0.3 is 0 Å². The summed E-state index contributed by atoms with van der Waals surface area (Å²) in [5, 5.41) is 2.29. The highest BCUT2D eigenvalue weighted by Crippen LogP contribution is 2.30. The van der Waals surface area contributed by atoms with Crippen molar-refractivity contribution in [2.75, 3.05) is 0 Å². The minimum absolute atomic E-state index is 0.109. The largest absolute Gasteiger partial charge is 0.324 e. The molecule has 1 heteroatoms. The Bertz CT molecular complexity index is 777. The van der Waals surface area contributed by atoms with Crippen LogP contribution in [0, 0.1) is 5.92 Å². The third kappa shape index (κ3) is 3.62. The Morgan fingerprint density at radius 1 is 1.25 bits per heavy atom. The molecule has 1 aliphatic rings. The summed E-state index contributed by atoms with van der Waals surface area (Å²) in [4.78, 5) is 0. The van der Waals surface area contributed by atoms with E-state index < -0.39 is 0 Å². The van der Waals surface area contributed by atoms with Crippen LogP contribution >= 0.6 is 0 Å². The fourth-order valence-electron chi connectivity index (χ4n) is 3.10. The second kappa shape index (κ2) is 7.36. The van der Waals surface area contributed by atoms with Crippen molar-refractivity contribution in [3.05, 3.63) is 70.2 Å². The Kier molecular flexibility index (Phi) is 5.66. The van der Waals surface area contributed by atoms with Gasteiger partial charge in [-0.25, -0.2) is 0 Å².